The Labute approximate surface area is 169 Å². The molecule has 0 unspecified atom stereocenters. The zero-order valence-electron chi connectivity index (χ0n) is 16.8. The number of nitrogens with zero attached hydrogens (tertiary/aromatic N) is 3. The first-order chi connectivity index (χ1) is 13.9. The van der Waals surface area contributed by atoms with Crippen molar-refractivity contribution in [1.82, 2.24) is 9.55 Å². The van der Waals surface area contributed by atoms with Crippen LogP contribution in [0.15, 0.2) is 66.6 Å². The van der Waals surface area contributed by atoms with Crippen molar-refractivity contribution in [3.05, 3.63) is 72.2 Å². The fourth-order valence-corrected chi connectivity index (χ4v) is 3.93. The van der Waals surface area contributed by atoms with Crippen molar-refractivity contribution < 1.29 is 14.3 Å². The molecule has 29 heavy (non-hydrogen) atoms. The van der Waals surface area contributed by atoms with Gasteiger partial charge in [0.05, 0.1) is 17.4 Å². The van der Waals surface area contributed by atoms with Crippen molar-refractivity contribution >= 4 is 28.5 Å². The second-order valence-corrected chi connectivity index (χ2v) is 7.72. The predicted octanol–water partition coefficient (Wildman–Crippen LogP) is 3.46. The monoisotopic (exact) mass is 389 g/mol. The predicted molar refractivity (Wildman–Crippen MR) is 112 cm³/mol. The van der Waals surface area contributed by atoms with E-state index in [9.17, 15) is 9.59 Å². The van der Waals surface area contributed by atoms with Crippen molar-refractivity contribution in [1.29, 1.82) is 0 Å². The fourth-order valence-electron chi connectivity index (χ4n) is 3.93. The molecule has 0 saturated carbocycles. The lowest BCUT2D eigenvalue weighted by Crippen LogP contribution is -2.25. The van der Waals surface area contributed by atoms with Crippen LogP contribution in [0.4, 0.5) is 5.69 Å². The van der Waals surface area contributed by atoms with E-state index in [1.165, 1.54) is 5.56 Å². The molecule has 0 amide bonds. The molecular formula is C23H23N3O3. The quantitative estimate of drug-likeness (QED) is 0.494. The number of ketones is 1. The van der Waals surface area contributed by atoms with E-state index in [0.29, 0.717) is 0 Å². The number of para-hydroxylation sites is 3. The van der Waals surface area contributed by atoms with Crippen LogP contribution in [0.5, 0.6) is 0 Å². The average Bonchev–Trinajstić information content (AvgIpc) is 3.20. The molecule has 4 rings (SSSR count). The number of rotatable bonds is 5. The van der Waals surface area contributed by atoms with Crippen molar-refractivity contribution in [3.63, 3.8) is 0 Å². The molecule has 148 valence electrons. The minimum Gasteiger partial charge on any atom is -0.456 e. The topological polar surface area (TPSA) is 64.4 Å². The number of carbonyl (C=O) groups excluding carboxylic acids is 2. The second-order valence-electron chi connectivity index (χ2n) is 7.72. The van der Waals surface area contributed by atoms with E-state index >= 15 is 0 Å². The average molecular weight is 389 g/mol. The molecule has 0 spiro atoms. The summed E-state index contributed by atoms with van der Waals surface area (Å²) in [6, 6.07) is 15.7. The van der Waals surface area contributed by atoms with Crippen LogP contribution in [0.2, 0.25) is 0 Å². The molecule has 0 N–H and O–H groups in total. The maximum absolute atomic E-state index is 12.5. The van der Waals surface area contributed by atoms with Gasteiger partial charge in [-0.3, -0.25) is 9.59 Å². The van der Waals surface area contributed by atoms with Crippen LogP contribution >= 0.6 is 0 Å². The number of imidazole rings is 1. The number of anilines is 1. The third-order valence-corrected chi connectivity index (χ3v) is 5.44. The Kier molecular flexibility index (Phi) is 4.70. The first-order valence-corrected chi connectivity index (χ1v) is 9.51. The lowest BCUT2D eigenvalue weighted by atomic mass is 9.83. The molecule has 1 aliphatic heterocycles. The summed E-state index contributed by atoms with van der Waals surface area (Å²) >= 11 is 0. The van der Waals surface area contributed by atoms with Crippen molar-refractivity contribution in [2.75, 3.05) is 18.6 Å². The van der Waals surface area contributed by atoms with Gasteiger partial charge in [-0.1, -0.05) is 44.2 Å². The van der Waals surface area contributed by atoms with Gasteiger partial charge >= 0.3 is 5.97 Å². The molecule has 2 heterocycles. The van der Waals surface area contributed by atoms with Gasteiger partial charge in [0.1, 0.15) is 6.54 Å². The highest BCUT2D eigenvalue weighted by atomic mass is 16.5. The SMILES string of the molecule is CN1C(=CC(=O)COC(=O)Cn2cnc3ccccc32)C(C)(C)c2ccccc21. The molecule has 3 aromatic rings. The molecule has 6 heteroatoms. The van der Waals surface area contributed by atoms with Gasteiger partial charge in [-0.15, -0.1) is 0 Å². The molecule has 6 nitrogen and oxygen atoms in total. The van der Waals surface area contributed by atoms with E-state index in [2.05, 4.69) is 24.9 Å². The molecule has 0 saturated heterocycles. The van der Waals surface area contributed by atoms with Gasteiger partial charge in [0.25, 0.3) is 0 Å². The van der Waals surface area contributed by atoms with Crippen LogP contribution in [0.3, 0.4) is 0 Å². The van der Waals surface area contributed by atoms with Gasteiger partial charge in [0.15, 0.2) is 12.4 Å². The summed E-state index contributed by atoms with van der Waals surface area (Å²) < 4.78 is 6.93. The van der Waals surface area contributed by atoms with Crippen LogP contribution in [0.1, 0.15) is 19.4 Å². The second kappa shape index (κ2) is 7.20. The van der Waals surface area contributed by atoms with Crippen LogP contribution in [0, 0.1) is 0 Å². The Morgan fingerprint density at radius 1 is 1.10 bits per heavy atom. The summed E-state index contributed by atoms with van der Waals surface area (Å²) in [6.45, 7) is 3.91. The number of allylic oxidation sites excluding steroid dienone is 1. The summed E-state index contributed by atoms with van der Waals surface area (Å²) in [5.74, 6) is -0.709. The lowest BCUT2D eigenvalue weighted by molar-refractivity contribution is -0.147. The number of likely N-dealkylation sites (N-methyl/N-ethyl adjacent to an activating group) is 1. The Hall–Kier alpha value is -3.41. The number of esters is 1. The minimum absolute atomic E-state index is 0.0151. The van der Waals surface area contributed by atoms with Crippen LogP contribution in [-0.2, 0) is 26.3 Å². The van der Waals surface area contributed by atoms with Gasteiger partial charge in [0, 0.05) is 29.9 Å². The number of hydrogen-bond acceptors (Lipinski definition) is 5. The molecule has 0 fully saturated rings. The van der Waals surface area contributed by atoms with Crippen molar-refractivity contribution in [2.24, 2.45) is 0 Å². The number of aromatic nitrogens is 2. The molecular weight excluding hydrogens is 366 g/mol. The molecule has 0 atom stereocenters. The fraction of sp³-hybridized carbons (Fsp3) is 0.261. The van der Waals surface area contributed by atoms with Gasteiger partial charge in [-0.2, -0.15) is 0 Å². The number of fused-ring (bicyclic) bond motifs is 2. The van der Waals surface area contributed by atoms with Gasteiger partial charge < -0.3 is 14.2 Å². The smallest absolute Gasteiger partial charge is 0.326 e. The maximum atomic E-state index is 12.5. The van der Waals surface area contributed by atoms with E-state index in [0.717, 1.165) is 22.4 Å². The molecule has 2 aromatic carbocycles. The van der Waals surface area contributed by atoms with E-state index < -0.39 is 5.97 Å². The summed E-state index contributed by atoms with van der Waals surface area (Å²) in [5.41, 5.74) is 4.52. The minimum atomic E-state index is -0.470. The normalized spacial score (nSPS) is 16.2. The zero-order valence-corrected chi connectivity index (χ0v) is 16.8. The Morgan fingerprint density at radius 3 is 2.62 bits per heavy atom. The van der Waals surface area contributed by atoms with E-state index in [-0.39, 0.29) is 24.3 Å². The first kappa shape index (κ1) is 18.9. The largest absolute Gasteiger partial charge is 0.456 e. The van der Waals surface area contributed by atoms with E-state index in [1.807, 2.05) is 54.4 Å². The Bertz CT molecular complexity index is 1130. The van der Waals surface area contributed by atoms with Crippen molar-refractivity contribution in [2.45, 2.75) is 25.8 Å². The highest BCUT2D eigenvalue weighted by molar-refractivity contribution is 5.94. The number of benzene rings is 2. The zero-order chi connectivity index (χ0) is 20.6. The number of carbonyl (C=O) groups is 2. The van der Waals surface area contributed by atoms with Crippen LogP contribution < -0.4 is 4.90 Å². The molecule has 0 bridgehead atoms. The summed E-state index contributed by atoms with van der Waals surface area (Å²) in [4.78, 5) is 31.0. The van der Waals surface area contributed by atoms with Crippen molar-refractivity contribution in [3.8, 4) is 0 Å². The first-order valence-electron chi connectivity index (χ1n) is 9.51. The molecule has 0 aliphatic carbocycles. The lowest BCUT2D eigenvalue weighted by Gasteiger charge is -2.23. The third-order valence-electron chi connectivity index (χ3n) is 5.44. The van der Waals surface area contributed by atoms with Crippen LogP contribution in [-0.4, -0.2) is 35.0 Å². The van der Waals surface area contributed by atoms with Gasteiger partial charge in [0.2, 0.25) is 0 Å². The highest BCUT2D eigenvalue weighted by Gasteiger charge is 2.38. The third kappa shape index (κ3) is 3.42. The summed E-state index contributed by atoms with van der Waals surface area (Å²) in [6.07, 6.45) is 3.18. The number of hydrogen-bond donors (Lipinski definition) is 0. The molecule has 1 aliphatic rings. The molecule has 0 radical (unpaired) electrons. The van der Waals surface area contributed by atoms with E-state index in [4.69, 9.17) is 4.74 Å². The maximum Gasteiger partial charge on any atom is 0.326 e. The number of ether oxygens (including phenoxy) is 1. The summed E-state index contributed by atoms with van der Waals surface area (Å²) in [7, 11) is 1.95. The summed E-state index contributed by atoms with van der Waals surface area (Å²) in [5, 5.41) is 0. The van der Waals surface area contributed by atoms with Gasteiger partial charge in [-0.05, 0) is 23.8 Å². The molecule has 1 aromatic heterocycles. The van der Waals surface area contributed by atoms with Gasteiger partial charge in [-0.25, -0.2) is 4.98 Å². The van der Waals surface area contributed by atoms with E-state index in [1.54, 1.807) is 17.0 Å². The Morgan fingerprint density at radius 2 is 1.83 bits per heavy atom. The highest BCUT2D eigenvalue weighted by Crippen LogP contribution is 2.46. The Balaban J connectivity index is 1.42. The van der Waals surface area contributed by atoms with Crippen LogP contribution in [0.25, 0.3) is 11.0 Å². The standard InChI is InChI=1S/C23H23N3O3/c1-23(2)17-8-4-6-10-19(17)25(3)21(23)12-16(27)14-29-22(28)13-26-15-24-18-9-5-7-11-20(18)26/h4-12,15H,13-14H2,1-3H3.